The molecule has 184 valence electrons. The van der Waals surface area contributed by atoms with Crippen molar-refractivity contribution in [2.45, 2.75) is 45.6 Å². The molecule has 0 fully saturated rings. The van der Waals surface area contributed by atoms with E-state index in [0.29, 0.717) is 28.4 Å². The third-order valence-electron chi connectivity index (χ3n) is 6.44. The molecule has 0 bridgehead atoms. The minimum Gasteiger partial charge on any atom is -0.494 e. The average molecular weight is 503 g/mol. The molecule has 1 amide bonds. The number of hydrogen-bond donors (Lipinski definition) is 0. The summed E-state index contributed by atoms with van der Waals surface area (Å²) in [5, 5.41) is 0.762. The van der Waals surface area contributed by atoms with Crippen LogP contribution in [0.15, 0.2) is 70.0 Å². The summed E-state index contributed by atoms with van der Waals surface area (Å²) in [7, 11) is 0. The molecule has 0 spiro atoms. The lowest BCUT2D eigenvalue weighted by Gasteiger charge is -2.24. The van der Waals surface area contributed by atoms with Crippen molar-refractivity contribution in [2.75, 3.05) is 11.5 Å². The second-order valence-corrected chi connectivity index (χ2v) is 9.50. The molecule has 36 heavy (non-hydrogen) atoms. The molecule has 7 heteroatoms. The summed E-state index contributed by atoms with van der Waals surface area (Å²) in [5.41, 5.74) is 2.04. The van der Waals surface area contributed by atoms with Gasteiger partial charge in [-0.1, -0.05) is 49.9 Å². The van der Waals surface area contributed by atoms with Crippen LogP contribution in [0.3, 0.4) is 0 Å². The van der Waals surface area contributed by atoms with Crippen molar-refractivity contribution in [1.82, 2.24) is 4.98 Å². The molecule has 2 aromatic heterocycles. The van der Waals surface area contributed by atoms with Gasteiger partial charge in [-0.15, -0.1) is 0 Å². The van der Waals surface area contributed by atoms with E-state index in [2.05, 4.69) is 11.9 Å². The molecule has 0 N–H and O–H groups in total. The number of aromatic nitrogens is 1. The van der Waals surface area contributed by atoms with Gasteiger partial charge in [-0.05, 0) is 66.9 Å². The van der Waals surface area contributed by atoms with Crippen LogP contribution in [-0.4, -0.2) is 17.5 Å². The van der Waals surface area contributed by atoms with Crippen molar-refractivity contribution in [3.05, 3.63) is 98.5 Å². The van der Waals surface area contributed by atoms with Crippen molar-refractivity contribution in [3.63, 3.8) is 0 Å². The first-order valence-electron chi connectivity index (χ1n) is 12.2. The summed E-state index contributed by atoms with van der Waals surface area (Å²) in [5.74, 6) is 0.823. The fourth-order valence-electron chi connectivity index (χ4n) is 4.61. The zero-order valence-electron chi connectivity index (χ0n) is 20.3. The second kappa shape index (κ2) is 10.2. The monoisotopic (exact) mass is 502 g/mol. The third-order valence-corrected chi connectivity index (χ3v) is 6.68. The van der Waals surface area contributed by atoms with E-state index in [1.807, 2.05) is 43.3 Å². The maximum atomic E-state index is 13.7. The van der Waals surface area contributed by atoms with Crippen LogP contribution >= 0.6 is 11.6 Å². The van der Waals surface area contributed by atoms with Gasteiger partial charge in [0, 0.05) is 11.2 Å². The first-order chi connectivity index (χ1) is 17.5. The van der Waals surface area contributed by atoms with Crippen molar-refractivity contribution in [2.24, 2.45) is 0 Å². The van der Waals surface area contributed by atoms with Gasteiger partial charge in [0.25, 0.3) is 5.91 Å². The average Bonchev–Trinajstić information content (AvgIpc) is 3.17. The van der Waals surface area contributed by atoms with Gasteiger partial charge in [-0.3, -0.25) is 14.5 Å². The van der Waals surface area contributed by atoms with Gasteiger partial charge in [-0.25, -0.2) is 4.98 Å². The van der Waals surface area contributed by atoms with Gasteiger partial charge in [0.2, 0.25) is 5.76 Å². The quantitative estimate of drug-likeness (QED) is 0.246. The van der Waals surface area contributed by atoms with Gasteiger partial charge in [0.05, 0.1) is 23.6 Å². The summed E-state index contributed by atoms with van der Waals surface area (Å²) in [6.45, 7) is 4.76. The van der Waals surface area contributed by atoms with E-state index in [9.17, 15) is 9.59 Å². The number of carbonyl (C=O) groups is 1. The van der Waals surface area contributed by atoms with E-state index in [1.54, 1.807) is 24.4 Å². The number of unbranched alkanes of at least 4 members (excludes halogenated alkanes) is 3. The maximum absolute atomic E-state index is 13.7. The maximum Gasteiger partial charge on any atom is 0.296 e. The van der Waals surface area contributed by atoms with Gasteiger partial charge in [0.1, 0.15) is 17.2 Å². The second-order valence-electron chi connectivity index (χ2n) is 9.06. The Morgan fingerprint density at radius 2 is 1.83 bits per heavy atom. The van der Waals surface area contributed by atoms with E-state index in [-0.39, 0.29) is 16.8 Å². The predicted octanol–water partition coefficient (Wildman–Crippen LogP) is 6.86. The van der Waals surface area contributed by atoms with Crippen molar-refractivity contribution >= 4 is 34.3 Å². The summed E-state index contributed by atoms with van der Waals surface area (Å²) in [6.07, 6.45) is 6.17. The van der Waals surface area contributed by atoms with Crippen LogP contribution in [-0.2, 0) is 0 Å². The third kappa shape index (κ3) is 4.49. The normalized spacial score (nSPS) is 14.9. The number of carbonyl (C=O) groups excluding carboxylic acids is 1. The Morgan fingerprint density at radius 1 is 1.03 bits per heavy atom. The molecule has 1 aliphatic heterocycles. The number of halogens is 1. The van der Waals surface area contributed by atoms with Gasteiger partial charge < -0.3 is 9.15 Å². The molecule has 0 aliphatic carbocycles. The summed E-state index contributed by atoms with van der Waals surface area (Å²) in [6, 6.07) is 15.3. The van der Waals surface area contributed by atoms with Gasteiger partial charge in [0.15, 0.2) is 5.43 Å². The minimum atomic E-state index is -0.694. The Bertz CT molecular complexity index is 1480. The number of benzene rings is 2. The Morgan fingerprint density at radius 3 is 2.58 bits per heavy atom. The number of hydrogen-bond acceptors (Lipinski definition) is 5. The van der Waals surface area contributed by atoms with E-state index >= 15 is 0 Å². The molecule has 1 aliphatic rings. The molecule has 6 nitrogen and oxygen atoms in total. The van der Waals surface area contributed by atoms with Crippen LogP contribution in [0.5, 0.6) is 5.75 Å². The molecule has 3 heterocycles. The number of rotatable bonds is 8. The first-order valence-corrected chi connectivity index (χ1v) is 12.6. The lowest BCUT2D eigenvalue weighted by atomic mass is 9.98. The van der Waals surface area contributed by atoms with Crippen LogP contribution in [0.2, 0.25) is 5.02 Å². The highest BCUT2D eigenvalue weighted by atomic mass is 35.5. The molecular weight excluding hydrogens is 476 g/mol. The molecule has 5 rings (SSSR count). The number of fused-ring (bicyclic) bond motifs is 2. The largest absolute Gasteiger partial charge is 0.494 e. The first kappa shape index (κ1) is 24.1. The Balaban J connectivity index is 1.58. The number of ether oxygens (including phenoxy) is 1. The highest BCUT2D eigenvalue weighted by Gasteiger charge is 2.44. The highest BCUT2D eigenvalue weighted by Crippen LogP contribution is 2.41. The molecule has 0 saturated carbocycles. The zero-order chi connectivity index (χ0) is 25.2. The van der Waals surface area contributed by atoms with Crippen molar-refractivity contribution in [3.8, 4) is 5.75 Å². The van der Waals surface area contributed by atoms with Crippen molar-refractivity contribution < 1.29 is 13.9 Å². The number of pyridine rings is 1. The number of aryl methyl sites for hydroxylation is 1. The fourth-order valence-corrected chi connectivity index (χ4v) is 4.79. The topological polar surface area (TPSA) is 72.6 Å². The summed E-state index contributed by atoms with van der Waals surface area (Å²) in [4.78, 5) is 33.3. The molecule has 0 radical (unpaired) electrons. The molecule has 0 saturated heterocycles. The summed E-state index contributed by atoms with van der Waals surface area (Å²) >= 11 is 6.17. The van der Waals surface area contributed by atoms with Crippen LogP contribution in [0, 0.1) is 6.92 Å². The Kier molecular flexibility index (Phi) is 6.79. The van der Waals surface area contributed by atoms with Crippen LogP contribution in [0.1, 0.15) is 65.9 Å². The predicted molar refractivity (Wildman–Crippen MR) is 141 cm³/mol. The molecule has 4 aromatic rings. The molecule has 1 atom stereocenters. The van der Waals surface area contributed by atoms with E-state index in [1.165, 1.54) is 17.7 Å². The number of nitrogens with zero attached hydrogens (tertiary/aromatic N) is 2. The lowest BCUT2D eigenvalue weighted by Crippen LogP contribution is -2.30. The standard InChI is InChI=1S/C29H27ClN2O4/c1-3-4-5-6-15-35-21-10-7-19(8-11-21)26-25-27(33)22-17-20(30)9-12-23(22)36-28(25)29(34)32(26)24-16-18(2)13-14-31-24/h7-14,16-17,26H,3-6,15H2,1-2H3. The fraction of sp³-hybridized carbons (Fsp3) is 0.276. The lowest BCUT2D eigenvalue weighted by molar-refractivity contribution is 0.0970. The smallest absolute Gasteiger partial charge is 0.296 e. The number of amides is 1. The SMILES string of the molecule is CCCCCCOc1ccc(C2c3c(oc4ccc(Cl)cc4c3=O)C(=O)N2c2cc(C)ccn2)cc1. The minimum absolute atomic E-state index is 0.0272. The molecular formula is C29H27ClN2O4. The van der Waals surface area contributed by atoms with Gasteiger partial charge in [-0.2, -0.15) is 0 Å². The Labute approximate surface area is 214 Å². The number of anilines is 1. The van der Waals surface area contributed by atoms with Crippen LogP contribution in [0.25, 0.3) is 11.0 Å². The van der Waals surface area contributed by atoms with E-state index in [4.69, 9.17) is 20.8 Å². The summed E-state index contributed by atoms with van der Waals surface area (Å²) < 4.78 is 11.9. The molecule has 1 unspecified atom stereocenters. The van der Waals surface area contributed by atoms with Crippen molar-refractivity contribution in [1.29, 1.82) is 0 Å². The van der Waals surface area contributed by atoms with E-state index < -0.39 is 11.9 Å². The van der Waals surface area contributed by atoms with Crippen LogP contribution < -0.4 is 15.1 Å². The van der Waals surface area contributed by atoms with E-state index in [0.717, 1.165) is 29.7 Å². The Hall–Kier alpha value is -3.64. The molecule has 2 aromatic carbocycles. The highest BCUT2D eigenvalue weighted by molar-refractivity contribution is 6.31. The van der Waals surface area contributed by atoms with Crippen LogP contribution in [0.4, 0.5) is 5.82 Å². The zero-order valence-corrected chi connectivity index (χ0v) is 21.0. The van der Waals surface area contributed by atoms with Gasteiger partial charge >= 0.3 is 0 Å².